The van der Waals surface area contributed by atoms with Crippen molar-refractivity contribution >= 4 is 45.9 Å². The number of carbonyl (C=O) groups excluding carboxylic acids is 2. The first-order chi connectivity index (χ1) is 12.5. The number of ether oxygens (including phenoxy) is 1. The average molecular weight is 396 g/mol. The number of aryl methyl sites for hydroxylation is 1. The number of rotatable bonds is 6. The monoisotopic (exact) mass is 395 g/mol. The Morgan fingerprint density at radius 2 is 2.19 bits per heavy atom. The smallest absolute Gasteiger partial charge is 0.341 e. The van der Waals surface area contributed by atoms with Gasteiger partial charge in [-0.2, -0.15) is 4.98 Å². The summed E-state index contributed by atoms with van der Waals surface area (Å²) in [4.78, 5) is 30.2. The van der Waals surface area contributed by atoms with Crippen LogP contribution in [0.15, 0.2) is 5.16 Å². The molecule has 0 saturated carbocycles. The van der Waals surface area contributed by atoms with Gasteiger partial charge in [-0.1, -0.05) is 11.8 Å². The number of anilines is 2. The zero-order valence-corrected chi connectivity index (χ0v) is 16.3. The van der Waals surface area contributed by atoms with Crippen molar-refractivity contribution in [2.45, 2.75) is 49.9 Å². The molecular formula is C16H21N5O3S2. The van der Waals surface area contributed by atoms with Crippen molar-refractivity contribution in [3.8, 4) is 0 Å². The standard InChI is InChI=1S/C16H21N5O3S2/c1-3-24-14(23)11-9-6-4-5-7-10(9)26-13(11)18-12(22)8(2)25-16-19-15(17)20-21-16/h8H,3-7H2,1-2H3,(H,18,22)(H3,17,19,20,21). The highest BCUT2D eigenvalue weighted by atomic mass is 32.2. The van der Waals surface area contributed by atoms with Gasteiger partial charge in [-0.05, 0) is 45.1 Å². The van der Waals surface area contributed by atoms with Crippen LogP contribution < -0.4 is 11.1 Å². The largest absolute Gasteiger partial charge is 0.462 e. The van der Waals surface area contributed by atoms with Crippen LogP contribution in [-0.2, 0) is 22.4 Å². The van der Waals surface area contributed by atoms with Crippen molar-refractivity contribution in [3.63, 3.8) is 0 Å². The van der Waals surface area contributed by atoms with Crippen LogP contribution in [0, 0.1) is 0 Å². The molecule has 0 aliphatic heterocycles. The summed E-state index contributed by atoms with van der Waals surface area (Å²) in [6.45, 7) is 3.83. The van der Waals surface area contributed by atoms with Gasteiger partial charge in [0, 0.05) is 4.88 Å². The Bertz CT molecular complexity index is 817. The molecule has 0 radical (unpaired) electrons. The van der Waals surface area contributed by atoms with Crippen LogP contribution in [0.3, 0.4) is 0 Å². The lowest BCUT2D eigenvalue weighted by atomic mass is 9.95. The molecule has 1 aliphatic rings. The highest BCUT2D eigenvalue weighted by molar-refractivity contribution is 8.00. The summed E-state index contributed by atoms with van der Waals surface area (Å²) in [6, 6.07) is 0. The summed E-state index contributed by atoms with van der Waals surface area (Å²) in [6.07, 6.45) is 3.92. The van der Waals surface area contributed by atoms with Gasteiger partial charge in [0.2, 0.25) is 17.0 Å². The fourth-order valence-electron chi connectivity index (χ4n) is 2.81. The molecule has 140 valence electrons. The summed E-state index contributed by atoms with van der Waals surface area (Å²) in [5.41, 5.74) is 7.04. The first-order valence-electron chi connectivity index (χ1n) is 8.46. The molecule has 4 N–H and O–H groups in total. The van der Waals surface area contributed by atoms with Gasteiger partial charge in [0.25, 0.3) is 0 Å². The highest BCUT2D eigenvalue weighted by Gasteiger charge is 2.28. The number of esters is 1. The molecule has 0 bridgehead atoms. The van der Waals surface area contributed by atoms with Gasteiger partial charge in [0.05, 0.1) is 17.4 Å². The van der Waals surface area contributed by atoms with Crippen LogP contribution in [0.4, 0.5) is 10.9 Å². The average Bonchev–Trinajstić information content (AvgIpc) is 3.17. The lowest BCUT2D eigenvalue weighted by molar-refractivity contribution is -0.115. The molecule has 3 rings (SSSR count). The van der Waals surface area contributed by atoms with Gasteiger partial charge < -0.3 is 15.8 Å². The quantitative estimate of drug-likeness (QED) is 0.507. The van der Waals surface area contributed by atoms with Crippen molar-refractivity contribution < 1.29 is 14.3 Å². The minimum Gasteiger partial charge on any atom is -0.462 e. The van der Waals surface area contributed by atoms with E-state index in [9.17, 15) is 9.59 Å². The molecule has 1 amide bonds. The van der Waals surface area contributed by atoms with E-state index in [0.717, 1.165) is 36.1 Å². The normalized spacial score (nSPS) is 14.5. The molecule has 2 heterocycles. The topological polar surface area (TPSA) is 123 Å². The van der Waals surface area contributed by atoms with Crippen molar-refractivity contribution in [1.82, 2.24) is 15.2 Å². The molecule has 26 heavy (non-hydrogen) atoms. The second-order valence-electron chi connectivity index (χ2n) is 5.89. The number of carbonyl (C=O) groups is 2. The second kappa shape index (κ2) is 8.09. The number of H-pyrrole nitrogens is 1. The van der Waals surface area contributed by atoms with Crippen LogP contribution in [0.25, 0.3) is 0 Å². The van der Waals surface area contributed by atoms with E-state index < -0.39 is 5.25 Å². The third kappa shape index (κ3) is 4.01. The van der Waals surface area contributed by atoms with Crippen molar-refractivity contribution in [2.75, 3.05) is 17.7 Å². The Hall–Kier alpha value is -2.07. The molecule has 0 saturated heterocycles. The maximum Gasteiger partial charge on any atom is 0.341 e. The Balaban J connectivity index is 1.78. The summed E-state index contributed by atoms with van der Waals surface area (Å²) in [7, 11) is 0. The summed E-state index contributed by atoms with van der Waals surface area (Å²) in [5, 5.41) is 9.88. The van der Waals surface area contributed by atoms with Crippen molar-refractivity contribution in [1.29, 1.82) is 0 Å². The molecule has 1 aliphatic carbocycles. The Morgan fingerprint density at radius 1 is 1.42 bits per heavy atom. The molecule has 2 aromatic rings. The van der Waals surface area contributed by atoms with E-state index in [1.54, 1.807) is 13.8 Å². The molecule has 1 unspecified atom stereocenters. The van der Waals surface area contributed by atoms with Crippen LogP contribution in [0.5, 0.6) is 0 Å². The van der Waals surface area contributed by atoms with Gasteiger partial charge >= 0.3 is 5.97 Å². The predicted molar refractivity (Wildman–Crippen MR) is 102 cm³/mol. The van der Waals surface area contributed by atoms with Crippen molar-refractivity contribution in [3.05, 3.63) is 16.0 Å². The first-order valence-corrected chi connectivity index (χ1v) is 10.2. The van der Waals surface area contributed by atoms with Crippen LogP contribution in [0.2, 0.25) is 0 Å². The number of nitrogen functional groups attached to an aromatic ring is 1. The lowest BCUT2D eigenvalue weighted by Crippen LogP contribution is -2.23. The second-order valence-corrected chi connectivity index (χ2v) is 8.30. The van der Waals surface area contributed by atoms with Gasteiger partial charge in [-0.25, -0.2) is 9.89 Å². The first kappa shape index (κ1) is 18.7. The fourth-order valence-corrected chi connectivity index (χ4v) is 4.82. The number of aromatic nitrogens is 3. The summed E-state index contributed by atoms with van der Waals surface area (Å²) in [5.74, 6) is -0.387. The fraction of sp³-hybridized carbons (Fsp3) is 0.500. The number of fused-ring (bicyclic) bond motifs is 1. The van der Waals surface area contributed by atoms with E-state index in [-0.39, 0.29) is 17.8 Å². The molecule has 10 heteroatoms. The molecule has 0 spiro atoms. The number of thiophene rings is 1. The zero-order chi connectivity index (χ0) is 18.7. The minimum absolute atomic E-state index is 0.204. The summed E-state index contributed by atoms with van der Waals surface area (Å²) >= 11 is 2.67. The number of nitrogens with zero attached hydrogens (tertiary/aromatic N) is 2. The highest BCUT2D eigenvalue weighted by Crippen LogP contribution is 2.39. The number of nitrogens with two attached hydrogens (primary N) is 1. The molecule has 1 atom stereocenters. The zero-order valence-electron chi connectivity index (χ0n) is 14.6. The third-order valence-corrected chi connectivity index (χ3v) is 6.19. The Morgan fingerprint density at radius 3 is 2.88 bits per heavy atom. The van der Waals surface area contributed by atoms with E-state index in [1.807, 2.05) is 0 Å². The summed E-state index contributed by atoms with van der Waals surface area (Å²) < 4.78 is 5.21. The maximum absolute atomic E-state index is 12.6. The molecule has 0 aromatic carbocycles. The van der Waals surface area contributed by atoms with E-state index in [2.05, 4.69) is 20.5 Å². The predicted octanol–water partition coefficient (Wildman–Crippen LogP) is 2.62. The van der Waals surface area contributed by atoms with E-state index in [4.69, 9.17) is 10.5 Å². The Labute approximate surface area is 159 Å². The lowest BCUT2D eigenvalue weighted by Gasteiger charge is -2.13. The number of amides is 1. The molecule has 0 fully saturated rings. The number of aromatic amines is 1. The number of hydrogen-bond donors (Lipinski definition) is 3. The Kier molecular flexibility index (Phi) is 5.82. The number of nitrogens with one attached hydrogen (secondary N) is 2. The minimum atomic E-state index is -0.445. The number of hydrogen-bond acceptors (Lipinski definition) is 8. The van der Waals surface area contributed by atoms with Crippen LogP contribution in [-0.4, -0.2) is 38.9 Å². The van der Waals surface area contributed by atoms with Crippen molar-refractivity contribution in [2.24, 2.45) is 0 Å². The van der Waals surface area contributed by atoms with Gasteiger partial charge in [-0.3, -0.25) is 4.79 Å². The van der Waals surface area contributed by atoms with Crippen LogP contribution >= 0.6 is 23.1 Å². The van der Waals surface area contributed by atoms with Gasteiger partial charge in [0.1, 0.15) is 5.00 Å². The number of thioether (sulfide) groups is 1. The van der Waals surface area contributed by atoms with Gasteiger partial charge in [0.15, 0.2) is 0 Å². The molecule has 2 aromatic heterocycles. The van der Waals surface area contributed by atoms with E-state index in [0.29, 0.717) is 22.3 Å². The molecule has 8 nitrogen and oxygen atoms in total. The third-order valence-electron chi connectivity index (χ3n) is 4.02. The van der Waals surface area contributed by atoms with E-state index in [1.165, 1.54) is 23.1 Å². The van der Waals surface area contributed by atoms with Crippen LogP contribution in [0.1, 0.15) is 47.5 Å². The van der Waals surface area contributed by atoms with Gasteiger partial charge in [-0.15, -0.1) is 16.4 Å². The maximum atomic E-state index is 12.6. The molecular weight excluding hydrogens is 374 g/mol. The SMILES string of the molecule is CCOC(=O)c1c(NC(=O)C(C)Sc2n[nH]c(N)n2)sc2c1CCCC2. The van der Waals surface area contributed by atoms with E-state index >= 15 is 0 Å².